The lowest BCUT2D eigenvalue weighted by Crippen LogP contribution is -2.40. The number of hydrazine groups is 1. The van der Waals surface area contributed by atoms with Crippen molar-refractivity contribution in [2.45, 2.75) is 12.5 Å². The van der Waals surface area contributed by atoms with Gasteiger partial charge in [0.25, 0.3) is 5.91 Å². The fourth-order valence-corrected chi connectivity index (χ4v) is 1.71. The lowest BCUT2D eigenvalue weighted by molar-refractivity contribution is 0.0811. The number of benzene rings is 1. The predicted molar refractivity (Wildman–Crippen MR) is 62.3 cm³/mol. The van der Waals surface area contributed by atoms with Gasteiger partial charge in [-0.15, -0.1) is 0 Å². The summed E-state index contributed by atoms with van der Waals surface area (Å²) in [7, 11) is 0. The average molecular weight is 217 g/mol. The molecule has 0 aliphatic carbocycles. The monoisotopic (exact) mass is 217 g/mol. The summed E-state index contributed by atoms with van der Waals surface area (Å²) in [5.41, 5.74) is 3.39. The number of nitrogens with two attached hydrogens (primary N) is 1. The molecule has 0 saturated carbocycles. The van der Waals surface area contributed by atoms with Crippen molar-refractivity contribution in [3.63, 3.8) is 0 Å². The number of amides is 1. The number of hydrogen-bond acceptors (Lipinski definition) is 3. The molecule has 1 aromatic carbocycles. The molecule has 4 nitrogen and oxygen atoms in total. The number of carbonyl (C=O) groups excluding carboxylic acids is 1. The fraction of sp³-hybridized carbons (Fsp3) is 0.250. The van der Waals surface area contributed by atoms with Gasteiger partial charge >= 0.3 is 0 Å². The Morgan fingerprint density at radius 3 is 2.69 bits per heavy atom. The first-order valence-electron chi connectivity index (χ1n) is 5.32. The summed E-state index contributed by atoms with van der Waals surface area (Å²) in [6.45, 7) is 0.694. The van der Waals surface area contributed by atoms with Crippen molar-refractivity contribution in [2.75, 3.05) is 6.54 Å². The quantitative estimate of drug-likeness (QED) is 0.571. The molecule has 1 atom stereocenters. The normalized spacial score (nSPS) is 19.8. The van der Waals surface area contributed by atoms with Crippen LogP contribution in [0.1, 0.15) is 16.8 Å². The second-order valence-electron chi connectivity index (χ2n) is 3.77. The van der Waals surface area contributed by atoms with E-state index < -0.39 is 0 Å². The van der Waals surface area contributed by atoms with Crippen LogP contribution in [-0.4, -0.2) is 23.4 Å². The lowest BCUT2D eigenvalue weighted by Gasteiger charge is -2.25. The van der Waals surface area contributed by atoms with Gasteiger partial charge in [-0.1, -0.05) is 18.2 Å². The Hall–Kier alpha value is -1.65. The molecule has 0 aromatic heterocycles. The third-order valence-corrected chi connectivity index (χ3v) is 2.68. The van der Waals surface area contributed by atoms with E-state index in [1.165, 1.54) is 0 Å². The fourth-order valence-electron chi connectivity index (χ4n) is 1.71. The molecule has 0 fully saturated rings. The van der Waals surface area contributed by atoms with E-state index >= 15 is 0 Å². The Balaban J connectivity index is 2.07. The van der Waals surface area contributed by atoms with Crippen LogP contribution in [0.15, 0.2) is 42.6 Å². The minimum atomic E-state index is 0.0346. The van der Waals surface area contributed by atoms with Gasteiger partial charge in [-0.25, -0.2) is 0 Å². The van der Waals surface area contributed by atoms with Gasteiger partial charge in [-0.05, 0) is 24.6 Å². The second kappa shape index (κ2) is 4.92. The van der Waals surface area contributed by atoms with Crippen molar-refractivity contribution in [1.82, 2.24) is 10.3 Å². The van der Waals surface area contributed by atoms with Gasteiger partial charge in [0.15, 0.2) is 0 Å². The molecule has 0 spiro atoms. The number of nitrogens with zero attached hydrogens (tertiary/aromatic N) is 1. The smallest absolute Gasteiger partial charge is 0.257 e. The maximum absolute atomic E-state index is 12.0. The van der Waals surface area contributed by atoms with Gasteiger partial charge in [0.05, 0.1) is 0 Å². The molecule has 2 rings (SSSR count). The van der Waals surface area contributed by atoms with E-state index in [4.69, 9.17) is 5.84 Å². The molecule has 0 saturated heterocycles. The Labute approximate surface area is 94.7 Å². The van der Waals surface area contributed by atoms with Gasteiger partial charge in [-0.3, -0.25) is 16.1 Å². The van der Waals surface area contributed by atoms with Crippen LogP contribution in [0.5, 0.6) is 0 Å². The Bertz CT molecular complexity index is 389. The first-order valence-corrected chi connectivity index (χ1v) is 5.32. The van der Waals surface area contributed by atoms with E-state index in [-0.39, 0.29) is 11.9 Å². The van der Waals surface area contributed by atoms with E-state index in [0.717, 1.165) is 6.42 Å². The average Bonchev–Trinajstić information content (AvgIpc) is 2.39. The first kappa shape index (κ1) is 10.9. The highest BCUT2D eigenvalue weighted by Gasteiger charge is 2.18. The van der Waals surface area contributed by atoms with Crippen LogP contribution in [0, 0.1) is 0 Å². The molecular formula is C12H15N3O. The Morgan fingerprint density at radius 2 is 2.12 bits per heavy atom. The standard InChI is InChI=1S/C12H15N3O/c13-14-11-6-8-15(9-7-11)12(16)10-4-2-1-3-5-10/h1-6,8,11,14H,7,9,13H2. The molecule has 0 bridgehead atoms. The maximum Gasteiger partial charge on any atom is 0.257 e. The van der Waals surface area contributed by atoms with Crippen LogP contribution < -0.4 is 11.3 Å². The largest absolute Gasteiger partial charge is 0.315 e. The molecular weight excluding hydrogens is 202 g/mol. The van der Waals surface area contributed by atoms with Gasteiger partial charge in [0, 0.05) is 24.4 Å². The van der Waals surface area contributed by atoms with Gasteiger partial charge in [0.2, 0.25) is 0 Å². The number of nitrogens with one attached hydrogen (secondary N) is 1. The van der Waals surface area contributed by atoms with E-state index in [9.17, 15) is 4.79 Å². The summed E-state index contributed by atoms with van der Waals surface area (Å²) < 4.78 is 0. The number of carbonyl (C=O) groups is 1. The molecule has 1 aliphatic heterocycles. The van der Waals surface area contributed by atoms with Crippen LogP contribution in [0.25, 0.3) is 0 Å². The van der Waals surface area contributed by atoms with Crippen molar-refractivity contribution in [2.24, 2.45) is 5.84 Å². The van der Waals surface area contributed by atoms with Crippen molar-refractivity contribution < 1.29 is 4.79 Å². The second-order valence-corrected chi connectivity index (χ2v) is 3.77. The third-order valence-electron chi connectivity index (χ3n) is 2.68. The molecule has 1 aliphatic rings. The molecule has 3 N–H and O–H groups in total. The number of hydrogen-bond donors (Lipinski definition) is 2. The zero-order valence-electron chi connectivity index (χ0n) is 8.97. The van der Waals surface area contributed by atoms with Gasteiger partial charge in [-0.2, -0.15) is 0 Å². The molecule has 1 unspecified atom stereocenters. The van der Waals surface area contributed by atoms with E-state index in [2.05, 4.69) is 5.43 Å². The van der Waals surface area contributed by atoms with Gasteiger partial charge < -0.3 is 4.90 Å². The molecule has 1 aromatic rings. The molecule has 16 heavy (non-hydrogen) atoms. The highest BCUT2D eigenvalue weighted by Crippen LogP contribution is 2.11. The van der Waals surface area contributed by atoms with E-state index in [0.29, 0.717) is 12.1 Å². The van der Waals surface area contributed by atoms with E-state index in [1.54, 1.807) is 11.1 Å². The van der Waals surface area contributed by atoms with Crippen LogP contribution in [-0.2, 0) is 0 Å². The summed E-state index contributed by atoms with van der Waals surface area (Å²) in [5.74, 6) is 5.37. The van der Waals surface area contributed by atoms with Crippen LogP contribution in [0.4, 0.5) is 0 Å². The molecule has 84 valence electrons. The number of rotatable bonds is 2. The molecule has 4 heteroatoms. The SMILES string of the molecule is NNC1C=CN(C(=O)c2ccccc2)CC1. The van der Waals surface area contributed by atoms with Crippen molar-refractivity contribution >= 4 is 5.91 Å². The van der Waals surface area contributed by atoms with Crippen molar-refractivity contribution in [3.05, 3.63) is 48.2 Å². The highest BCUT2D eigenvalue weighted by atomic mass is 16.2. The van der Waals surface area contributed by atoms with Crippen LogP contribution >= 0.6 is 0 Å². The van der Waals surface area contributed by atoms with Crippen molar-refractivity contribution in [3.8, 4) is 0 Å². The Morgan fingerprint density at radius 1 is 1.38 bits per heavy atom. The van der Waals surface area contributed by atoms with Crippen LogP contribution in [0.2, 0.25) is 0 Å². The summed E-state index contributed by atoms with van der Waals surface area (Å²) in [4.78, 5) is 13.7. The van der Waals surface area contributed by atoms with Crippen molar-refractivity contribution in [1.29, 1.82) is 0 Å². The maximum atomic E-state index is 12.0. The first-order chi connectivity index (χ1) is 7.81. The van der Waals surface area contributed by atoms with Crippen LogP contribution in [0.3, 0.4) is 0 Å². The Kier molecular flexibility index (Phi) is 3.34. The topological polar surface area (TPSA) is 58.4 Å². The lowest BCUT2D eigenvalue weighted by atomic mass is 10.1. The van der Waals surface area contributed by atoms with E-state index in [1.807, 2.05) is 36.4 Å². The minimum Gasteiger partial charge on any atom is -0.315 e. The summed E-state index contributed by atoms with van der Waals surface area (Å²) in [6.07, 6.45) is 4.54. The summed E-state index contributed by atoms with van der Waals surface area (Å²) >= 11 is 0. The zero-order valence-corrected chi connectivity index (χ0v) is 8.97. The predicted octanol–water partition coefficient (Wildman–Crippen LogP) is 0.878. The summed E-state index contributed by atoms with van der Waals surface area (Å²) in [5, 5.41) is 0. The van der Waals surface area contributed by atoms with Gasteiger partial charge in [0.1, 0.15) is 0 Å². The molecule has 0 radical (unpaired) electrons. The highest BCUT2D eigenvalue weighted by molar-refractivity contribution is 5.94. The molecule has 1 heterocycles. The third kappa shape index (κ3) is 2.29. The summed E-state index contributed by atoms with van der Waals surface area (Å²) in [6, 6.07) is 9.44. The molecule has 1 amide bonds. The zero-order chi connectivity index (χ0) is 11.4. The minimum absolute atomic E-state index is 0.0346.